The van der Waals surface area contributed by atoms with E-state index in [2.05, 4.69) is 15.3 Å². The minimum absolute atomic E-state index is 0.0185. The van der Waals surface area contributed by atoms with Crippen LogP contribution in [0.1, 0.15) is 34.1 Å². The fraction of sp³-hybridized carbons (Fsp3) is 0.241. The molecule has 0 spiro atoms. The second kappa shape index (κ2) is 9.44. The van der Waals surface area contributed by atoms with Crippen molar-refractivity contribution in [1.82, 2.24) is 20.3 Å². The molecule has 1 aliphatic carbocycles. The zero-order valence-corrected chi connectivity index (χ0v) is 23.0. The van der Waals surface area contributed by atoms with Crippen LogP contribution in [0.3, 0.4) is 0 Å². The van der Waals surface area contributed by atoms with Gasteiger partial charge in [-0.25, -0.2) is 27.2 Å². The maximum Gasteiger partial charge on any atom is 0.257 e. The van der Waals surface area contributed by atoms with E-state index < -0.39 is 27.6 Å². The molecule has 7 rings (SSSR count). The Kier molecular flexibility index (Phi) is 5.91. The van der Waals surface area contributed by atoms with Gasteiger partial charge in [-0.15, -0.1) is 0 Å². The summed E-state index contributed by atoms with van der Waals surface area (Å²) in [6.45, 7) is 0.931. The summed E-state index contributed by atoms with van der Waals surface area (Å²) in [6.07, 6.45) is 3.69. The van der Waals surface area contributed by atoms with Crippen molar-refractivity contribution in [1.29, 1.82) is 0 Å². The zero-order valence-electron chi connectivity index (χ0n) is 22.2. The Hall–Kier alpha value is -4.65. The number of carbonyl (C=O) groups is 1. The van der Waals surface area contributed by atoms with Crippen molar-refractivity contribution in [3.8, 4) is 5.75 Å². The molecule has 1 N–H and O–H groups in total. The lowest BCUT2D eigenvalue weighted by Gasteiger charge is -2.29. The van der Waals surface area contributed by atoms with Crippen LogP contribution in [0.25, 0.3) is 21.9 Å². The van der Waals surface area contributed by atoms with Gasteiger partial charge in [-0.3, -0.25) is 9.78 Å². The summed E-state index contributed by atoms with van der Waals surface area (Å²) in [4.78, 5) is 28.5. The number of nitrogens with one attached hydrogen (secondary N) is 1. The number of sulfone groups is 1. The van der Waals surface area contributed by atoms with E-state index in [0.29, 0.717) is 58.4 Å². The number of hydrogen-bond acceptors (Lipinski definition) is 9. The first-order valence-electron chi connectivity index (χ1n) is 13.1. The number of halogens is 2. The molecular formula is C29H23F2N5O5S. The van der Waals surface area contributed by atoms with Crippen LogP contribution in [-0.2, 0) is 16.4 Å². The molecule has 1 saturated carbocycles. The Balaban J connectivity index is 1.12. The van der Waals surface area contributed by atoms with Crippen molar-refractivity contribution in [2.75, 3.05) is 24.3 Å². The molecule has 214 valence electrons. The van der Waals surface area contributed by atoms with Crippen LogP contribution >= 0.6 is 0 Å². The van der Waals surface area contributed by atoms with Crippen LogP contribution in [0.2, 0.25) is 0 Å². The molecule has 10 nitrogen and oxygen atoms in total. The molecule has 42 heavy (non-hydrogen) atoms. The third-order valence-electron chi connectivity index (χ3n) is 7.39. The third kappa shape index (κ3) is 4.69. The molecule has 2 aliphatic rings. The van der Waals surface area contributed by atoms with E-state index in [4.69, 9.17) is 14.1 Å². The normalized spacial score (nSPS) is 17.6. The number of anilines is 2. The Morgan fingerprint density at radius 2 is 1.98 bits per heavy atom. The topological polar surface area (TPSA) is 128 Å². The molecule has 1 amide bonds. The number of benzene rings is 1. The van der Waals surface area contributed by atoms with Crippen molar-refractivity contribution in [2.45, 2.75) is 29.7 Å². The van der Waals surface area contributed by atoms with Crippen LogP contribution < -0.4 is 15.0 Å². The first-order chi connectivity index (χ1) is 20.1. The summed E-state index contributed by atoms with van der Waals surface area (Å²) < 4.78 is 62.5. The molecule has 13 heteroatoms. The van der Waals surface area contributed by atoms with Gasteiger partial charge in [-0.1, -0.05) is 0 Å². The maximum atomic E-state index is 13.7. The van der Waals surface area contributed by atoms with E-state index in [9.17, 15) is 22.0 Å². The van der Waals surface area contributed by atoms with Gasteiger partial charge in [0, 0.05) is 35.2 Å². The predicted molar refractivity (Wildman–Crippen MR) is 149 cm³/mol. The van der Waals surface area contributed by atoms with Gasteiger partial charge < -0.3 is 19.4 Å². The van der Waals surface area contributed by atoms with E-state index in [1.54, 1.807) is 36.5 Å². The summed E-state index contributed by atoms with van der Waals surface area (Å²) in [5.74, 6) is -2.49. The SMILES string of the molecule is CS(=O)(=O)c1coc2ccc(C(=O)NCc3cc4nc(N5CCOc6ccc(C7CC7(F)F)nc65)ccc4cn3)cc12. The van der Waals surface area contributed by atoms with Gasteiger partial charge in [0.1, 0.15) is 29.2 Å². The molecule has 1 aromatic carbocycles. The number of furan rings is 1. The molecule has 4 aromatic heterocycles. The van der Waals surface area contributed by atoms with Crippen molar-refractivity contribution >= 4 is 49.3 Å². The summed E-state index contributed by atoms with van der Waals surface area (Å²) in [7, 11) is -3.53. The average molecular weight is 592 g/mol. The van der Waals surface area contributed by atoms with Gasteiger partial charge in [0.05, 0.1) is 35.9 Å². The highest BCUT2D eigenvalue weighted by atomic mass is 32.2. The summed E-state index contributed by atoms with van der Waals surface area (Å²) in [5.41, 5.74) is 2.15. The number of alkyl halides is 2. The van der Waals surface area contributed by atoms with Crippen LogP contribution in [-0.4, -0.2) is 54.6 Å². The van der Waals surface area contributed by atoms with E-state index in [0.717, 1.165) is 17.9 Å². The monoisotopic (exact) mass is 591 g/mol. The number of pyridine rings is 3. The number of fused-ring (bicyclic) bond motifs is 3. The highest BCUT2D eigenvalue weighted by Gasteiger charge is 2.58. The van der Waals surface area contributed by atoms with Gasteiger partial charge >= 0.3 is 0 Å². The standard InChI is InChI=1S/C29H23F2N5O5S/c1-42(38,39)25-15-41-23-5-2-16(10-19(23)25)28(37)33-14-18-11-22-17(13-32-18)3-7-26(34-22)36-8-9-40-24-6-4-21(35-27(24)36)20-12-29(20,30)31/h2-7,10-11,13,15,20H,8-9,12,14H2,1H3,(H,33,37). The molecule has 0 bridgehead atoms. The Morgan fingerprint density at radius 3 is 2.76 bits per heavy atom. The van der Waals surface area contributed by atoms with Gasteiger partial charge in [0.2, 0.25) is 0 Å². The second-order valence-corrected chi connectivity index (χ2v) is 12.4. The number of nitrogens with zero attached hydrogens (tertiary/aromatic N) is 4. The first-order valence-corrected chi connectivity index (χ1v) is 15.0. The molecule has 1 aliphatic heterocycles. The Bertz CT molecular complexity index is 2010. The summed E-state index contributed by atoms with van der Waals surface area (Å²) >= 11 is 0. The fourth-order valence-electron chi connectivity index (χ4n) is 5.06. The maximum absolute atomic E-state index is 13.7. The van der Waals surface area contributed by atoms with Gasteiger partial charge in [0.15, 0.2) is 21.4 Å². The van der Waals surface area contributed by atoms with Crippen LogP contribution in [0.5, 0.6) is 5.75 Å². The van der Waals surface area contributed by atoms with E-state index in [1.807, 2.05) is 17.0 Å². The zero-order chi connectivity index (χ0) is 29.2. The molecule has 1 fully saturated rings. The van der Waals surface area contributed by atoms with Gasteiger partial charge in [-0.2, -0.15) is 0 Å². The highest BCUT2D eigenvalue weighted by molar-refractivity contribution is 7.91. The molecule has 1 atom stereocenters. The Morgan fingerprint density at radius 1 is 1.14 bits per heavy atom. The van der Waals surface area contributed by atoms with E-state index in [-0.39, 0.29) is 23.4 Å². The Labute approximate surface area is 238 Å². The molecule has 0 radical (unpaired) electrons. The minimum Gasteiger partial charge on any atom is -0.488 e. The first kappa shape index (κ1) is 26.3. The number of rotatable bonds is 6. The summed E-state index contributed by atoms with van der Waals surface area (Å²) in [6, 6.07) is 13.3. The molecular weight excluding hydrogens is 568 g/mol. The molecule has 0 saturated heterocycles. The fourth-order valence-corrected chi connectivity index (χ4v) is 5.84. The van der Waals surface area contributed by atoms with Gasteiger partial charge in [0.25, 0.3) is 11.8 Å². The summed E-state index contributed by atoms with van der Waals surface area (Å²) in [5, 5.41) is 3.92. The largest absolute Gasteiger partial charge is 0.488 e. The third-order valence-corrected chi connectivity index (χ3v) is 8.51. The number of amides is 1. The molecule has 5 aromatic rings. The lowest BCUT2D eigenvalue weighted by Crippen LogP contribution is -2.30. The van der Waals surface area contributed by atoms with Crippen LogP contribution in [0, 0.1) is 0 Å². The number of hydrogen-bond donors (Lipinski definition) is 1. The van der Waals surface area contributed by atoms with Crippen LogP contribution in [0.15, 0.2) is 70.3 Å². The van der Waals surface area contributed by atoms with Gasteiger partial charge in [-0.05, 0) is 48.5 Å². The van der Waals surface area contributed by atoms with Crippen molar-refractivity contribution < 1.29 is 31.1 Å². The number of carbonyl (C=O) groups excluding carboxylic acids is 1. The van der Waals surface area contributed by atoms with Crippen molar-refractivity contribution in [3.63, 3.8) is 0 Å². The smallest absolute Gasteiger partial charge is 0.257 e. The highest BCUT2D eigenvalue weighted by Crippen LogP contribution is 2.55. The predicted octanol–water partition coefficient (Wildman–Crippen LogP) is 4.76. The molecule has 5 heterocycles. The lowest BCUT2D eigenvalue weighted by atomic mass is 10.1. The average Bonchev–Trinajstić information content (AvgIpc) is 3.40. The van der Waals surface area contributed by atoms with E-state index >= 15 is 0 Å². The number of aromatic nitrogens is 3. The van der Waals surface area contributed by atoms with Crippen molar-refractivity contribution in [3.05, 3.63) is 77.9 Å². The lowest BCUT2D eigenvalue weighted by molar-refractivity contribution is 0.0950. The van der Waals surface area contributed by atoms with E-state index in [1.165, 1.54) is 6.07 Å². The van der Waals surface area contributed by atoms with Crippen LogP contribution in [0.4, 0.5) is 20.4 Å². The minimum atomic E-state index is -3.53. The second-order valence-electron chi connectivity index (χ2n) is 10.4. The quantitative estimate of drug-likeness (QED) is 0.297. The van der Waals surface area contributed by atoms with Crippen molar-refractivity contribution in [2.24, 2.45) is 0 Å². The molecule has 1 unspecified atom stereocenters. The number of ether oxygens (including phenoxy) is 1.